The molecule has 0 unspecified atom stereocenters. The van der Waals surface area contributed by atoms with Gasteiger partial charge in [0.05, 0.1) is 6.10 Å². The van der Waals surface area contributed by atoms with Crippen molar-refractivity contribution in [2.24, 2.45) is 0 Å². The number of ether oxygens (including phenoxy) is 1. The highest BCUT2D eigenvalue weighted by atomic mass is 35.5. The van der Waals surface area contributed by atoms with E-state index >= 15 is 0 Å². The van der Waals surface area contributed by atoms with Crippen LogP contribution in [-0.4, -0.2) is 11.9 Å². The van der Waals surface area contributed by atoms with Gasteiger partial charge in [-0.1, -0.05) is 29.8 Å². The Morgan fingerprint density at radius 1 is 1.24 bits per heavy atom. The maximum Gasteiger partial charge on any atom is 0.167 e. The van der Waals surface area contributed by atoms with E-state index in [2.05, 4.69) is 0 Å². The largest absolute Gasteiger partial charge is 0.491 e. The van der Waals surface area contributed by atoms with E-state index in [0.29, 0.717) is 21.9 Å². The first-order valence-corrected chi connectivity index (χ1v) is 7.07. The van der Waals surface area contributed by atoms with Crippen molar-refractivity contribution < 1.29 is 13.9 Å². The molecule has 0 spiro atoms. The number of benzene rings is 2. The standard InChI is InChI=1S/C17H16ClFO2/c1-11(2)21-15-5-3-4-13(8-15)17(20)9-12-6-7-14(18)10-16(12)19/h3-8,10-11H,9H2,1-2H3. The maximum absolute atomic E-state index is 13.7. The van der Waals surface area contributed by atoms with Gasteiger partial charge in [-0.2, -0.15) is 0 Å². The minimum absolute atomic E-state index is 0.00582. The molecular weight excluding hydrogens is 291 g/mol. The molecule has 0 aliphatic rings. The van der Waals surface area contributed by atoms with Crippen LogP contribution in [-0.2, 0) is 6.42 Å². The molecular formula is C17H16ClFO2. The summed E-state index contributed by atoms with van der Waals surface area (Å²) in [6.45, 7) is 3.83. The molecule has 2 aromatic rings. The van der Waals surface area contributed by atoms with Gasteiger partial charge in [-0.3, -0.25) is 4.79 Å². The van der Waals surface area contributed by atoms with Crippen molar-refractivity contribution in [1.29, 1.82) is 0 Å². The van der Waals surface area contributed by atoms with Gasteiger partial charge in [0.1, 0.15) is 11.6 Å². The predicted octanol–water partition coefficient (Wildman–Crippen LogP) is 4.69. The SMILES string of the molecule is CC(C)Oc1cccc(C(=O)Cc2ccc(Cl)cc2F)c1. The number of halogens is 2. The van der Waals surface area contributed by atoms with E-state index in [4.69, 9.17) is 16.3 Å². The van der Waals surface area contributed by atoms with Crippen molar-refractivity contribution >= 4 is 17.4 Å². The van der Waals surface area contributed by atoms with E-state index in [1.807, 2.05) is 13.8 Å². The number of Topliss-reactive ketones (excluding diaryl/α,β-unsaturated/α-hetero) is 1. The van der Waals surface area contributed by atoms with Gasteiger partial charge in [0.25, 0.3) is 0 Å². The van der Waals surface area contributed by atoms with Crippen molar-refractivity contribution in [1.82, 2.24) is 0 Å². The van der Waals surface area contributed by atoms with Gasteiger partial charge in [0.2, 0.25) is 0 Å². The van der Waals surface area contributed by atoms with Gasteiger partial charge >= 0.3 is 0 Å². The van der Waals surface area contributed by atoms with Crippen molar-refractivity contribution in [3.63, 3.8) is 0 Å². The zero-order valence-electron chi connectivity index (χ0n) is 11.9. The molecule has 2 rings (SSSR count). The smallest absolute Gasteiger partial charge is 0.167 e. The molecule has 0 heterocycles. The van der Waals surface area contributed by atoms with E-state index in [-0.39, 0.29) is 18.3 Å². The molecule has 2 aromatic carbocycles. The number of carbonyl (C=O) groups excluding carboxylic acids is 1. The van der Waals surface area contributed by atoms with Gasteiger partial charge in [-0.05, 0) is 43.7 Å². The van der Waals surface area contributed by atoms with Gasteiger partial charge in [-0.15, -0.1) is 0 Å². The summed E-state index contributed by atoms with van der Waals surface area (Å²) in [4.78, 5) is 12.2. The van der Waals surface area contributed by atoms with Crippen LogP contribution in [0.15, 0.2) is 42.5 Å². The molecule has 0 saturated heterocycles. The second-order valence-corrected chi connectivity index (χ2v) is 5.47. The fourth-order valence-electron chi connectivity index (χ4n) is 1.96. The summed E-state index contributed by atoms with van der Waals surface area (Å²) in [7, 11) is 0. The monoisotopic (exact) mass is 306 g/mol. The molecule has 0 aliphatic carbocycles. The zero-order chi connectivity index (χ0) is 15.4. The summed E-state index contributed by atoms with van der Waals surface area (Å²) in [6.07, 6.45) is 0.0257. The third-order valence-electron chi connectivity index (χ3n) is 2.89. The Labute approximate surface area is 128 Å². The molecule has 4 heteroatoms. The molecule has 0 radical (unpaired) electrons. The summed E-state index contributed by atoms with van der Waals surface area (Å²) in [5.41, 5.74) is 0.835. The summed E-state index contributed by atoms with van der Waals surface area (Å²) < 4.78 is 19.3. The molecule has 0 aromatic heterocycles. The number of hydrogen-bond donors (Lipinski definition) is 0. The third kappa shape index (κ3) is 4.30. The lowest BCUT2D eigenvalue weighted by atomic mass is 10.0. The van der Waals surface area contributed by atoms with Crippen LogP contribution in [0.2, 0.25) is 5.02 Å². The average Bonchev–Trinajstić information content (AvgIpc) is 2.41. The number of carbonyl (C=O) groups is 1. The fourth-order valence-corrected chi connectivity index (χ4v) is 2.11. The van der Waals surface area contributed by atoms with Crippen molar-refractivity contribution in [2.45, 2.75) is 26.4 Å². The molecule has 0 N–H and O–H groups in total. The van der Waals surface area contributed by atoms with Gasteiger partial charge in [0, 0.05) is 17.0 Å². The fraction of sp³-hybridized carbons (Fsp3) is 0.235. The second kappa shape index (κ2) is 6.72. The Morgan fingerprint density at radius 3 is 2.67 bits per heavy atom. The lowest BCUT2D eigenvalue weighted by molar-refractivity contribution is 0.0991. The molecule has 0 amide bonds. The van der Waals surface area contributed by atoms with Crippen LogP contribution in [0.1, 0.15) is 29.8 Å². The summed E-state index contributed by atoms with van der Waals surface area (Å²) >= 11 is 5.70. The second-order valence-electron chi connectivity index (χ2n) is 5.03. The van der Waals surface area contributed by atoms with Gasteiger partial charge in [-0.25, -0.2) is 4.39 Å². The molecule has 2 nitrogen and oxygen atoms in total. The maximum atomic E-state index is 13.7. The average molecular weight is 307 g/mol. The van der Waals surface area contributed by atoms with Gasteiger partial charge in [0.15, 0.2) is 5.78 Å². The molecule has 0 fully saturated rings. The van der Waals surface area contributed by atoms with Crippen molar-refractivity contribution in [3.8, 4) is 5.75 Å². The lowest BCUT2D eigenvalue weighted by Crippen LogP contribution is -2.08. The van der Waals surface area contributed by atoms with Crippen LogP contribution in [0.3, 0.4) is 0 Å². The highest BCUT2D eigenvalue weighted by molar-refractivity contribution is 6.30. The summed E-state index contributed by atoms with van der Waals surface area (Å²) in [5.74, 6) is 0.00305. The van der Waals surface area contributed by atoms with Crippen LogP contribution >= 0.6 is 11.6 Å². The molecule has 0 atom stereocenters. The first-order chi connectivity index (χ1) is 9.95. The quantitative estimate of drug-likeness (QED) is 0.749. The van der Waals surface area contributed by atoms with Crippen LogP contribution in [0.4, 0.5) is 4.39 Å². The minimum atomic E-state index is -0.467. The van der Waals surface area contributed by atoms with Crippen LogP contribution < -0.4 is 4.74 Å². The van der Waals surface area contributed by atoms with Crippen LogP contribution in [0.25, 0.3) is 0 Å². The Kier molecular flexibility index (Phi) is 4.97. The predicted molar refractivity (Wildman–Crippen MR) is 81.7 cm³/mol. The Bertz CT molecular complexity index is 653. The van der Waals surface area contributed by atoms with Crippen LogP contribution in [0.5, 0.6) is 5.75 Å². The number of rotatable bonds is 5. The van der Waals surface area contributed by atoms with Crippen LogP contribution in [0, 0.1) is 5.82 Å². The lowest BCUT2D eigenvalue weighted by Gasteiger charge is -2.10. The first-order valence-electron chi connectivity index (χ1n) is 6.69. The highest BCUT2D eigenvalue weighted by Crippen LogP contribution is 2.19. The number of hydrogen-bond acceptors (Lipinski definition) is 2. The van der Waals surface area contributed by atoms with E-state index in [9.17, 15) is 9.18 Å². The molecule has 0 bridgehead atoms. The topological polar surface area (TPSA) is 26.3 Å². The van der Waals surface area contributed by atoms with E-state index < -0.39 is 5.82 Å². The van der Waals surface area contributed by atoms with Crippen molar-refractivity contribution in [2.75, 3.05) is 0 Å². The molecule has 0 aliphatic heterocycles. The third-order valence-corrected chi connectivity index (χ3v) is 3.13. The summed E-state index contributed by atoms with van der Waals surface area (Å²) in [5, 5.41) is 0.316. The first kappa shape index (κ1) is 15.5. The highest BCUT2D eigenvalue weighted by Gasteiger charge is 2.12. The Hall–Kier alpha value is -1.87. The van der Waals surface area contributed by atoms with E-state index in [1.54, 1.807) is 30.3 Å². The molecule has 110 valence electrons. The zero-order valence-corrected chi connectivity index (χ0v) is 12.7. The van der Waals surface area contributed by atoms with E-state index in [1.165, 1.54) is 12.1 Å². The minimum Gasteiger partial charge on any atom is -0.491 e. The molecule has 0 saturated carbocycles. The molecule has 21 heavy (non-hydrogen) atoms. The Balaban J connectivity index is 2.16. The summed E-state index contributed by atoms with van der Waals surface area (Å²) in [6, 6.07) is 11.2. The normalized spacial score (nSPS) is 10.7. The van der Waals surface area contributed by atoms with Gasteiger partial charge < -0.3 is 4.74 Å². The van der Waals surface area contributed by atoms with E-state index in [0.717, 1.165) is 0 Å². The number of ketones is 1. The Morgan fingerprint density at radius 2 is 2.00 bits per heavy atom. The van der Waals surface area contributed by atoms with Crippen molar-refractivity contribution in [3.05, 3.63) is 64.4 Å².